The maximum Gasteiger partial charge on any atom is 0.245 e. The Hall–Kier alpha value is -3.55. The average molecular weight is 455 g/mol. The van der Waals surface area contributed by atoms with Crippen LogP contribution in [0.1, 0.15) is 31.4 Å². The van der Waals surface area contributed by atoms with Gasteiger partial charge in [-0.1, -0.05) is 56.7 Å². The summed E-state index contributed by atoms with van der Waals surface area (Å²) in [4.78, 5) is 29.6. The van der Waals surface area contributed by atoms with E-state index in [9.17, 15) is 9.59 Å². The highest BCUT2D eigenvalue weighted by atomic mass is 16.5. The lowest BCUT2D eigenvalue weighted by Gasteiger charge is -2.16. The fraction of sp³-hybridized carbons (Fsp3) is 0.400. The van der Waals surface area contributed by atoms with Gasteiger partial charge in [-0.05, 0) is 29.2 Å². The van der Waals surface area contributed by atoms with Crippen molar-refractivity contribution in [2.75, 3.05) is 20.8 Å². The maximum absolute atomic E-state index is 12.8. The quantitative estimate of drug-likeness (QED) is 0.356. The van der Waals surface area contributed by atoms with E-state index in [0.717, 1.165) is 17.5 Å². The third-order valence-electron chi connectivity index (χ3n) is 5.27. The number of amides is 2. The van der Waals surface area contributed by atoms with Gasteiger partial charge in [0.1, 0.15) is 6.04 Å². The van der Waals surface area contributed by atoms with Crippen molar-refractivity contribution >= 4 is 17.8 Å². The zero-order valence-corrected chi connectivity index (χ0v) is 19.8. The molecule has 0 saturated heterocycles. The Balaban J connectivity index is 2.08. The van der Waals surface area contributed by atoms with E-state index < -0.39 is 6.04 Å². The van der Waals surface area contributed by atoms with Crippen LogP contribution >= 0.6 is 0 Å². The normalized spacial score (nSPS) is 13.0. The summed E-state index contributed by atoms with van der Waals surface area (Å²) in [5.41, 5.74) is 7.68. The lowest BCUT2D eigenvalue weighted by Crippen LogP contribution is -2.42. The Bertz CT molecular complexity index is 947. The van der Waals surface area contributed by atoms with Gasteiger partial charge in [-0.15, -0.1) is 0 Å². The number of aliphatic imine (C=N–C) groups is 1. The molecule has 0 saturated carbocycles. The van der Waals surface area contributed by atoms with Crippen LogP contribution in [-0.2, 0) is 22.4 Å². The number of methoxy groups -OCH3 is 2. The van der Waals surface area contributed by atoms with E-state index in [2.05, 4.69) is 29.5 Å². The van der Waals surface area contributed by atoms with Crippen molar-refractivity contribution in [1.82, 2.24) is 10.6 Å². The molecule has 2 aromatic rings. The van der Waals surface area contributed by atoms with Gasteiger partial charge in [0.25, 0.3) is 0 Å². The van der Waals surface area contributed by atoms with Gasteiger partial charge in [-0.3, -0.25) is 14.9 Å². The van der Waals surface area contributed by atoms with Crippen LogP contribution < -0.4 is 25.8 Å². The molecule has 2 unspecified atom stereocenters. The molecule has 0 heterocycles. The van der Waals surface area contributed by atoms with Crippen molar-refractivity contribution in [1.29, 1.82) is 0 Å². The van der Waals surface area contributed by atoms with Crippen LogP contribution in [0.2, 0.25) is 0 Å². The summed E-state index contributed by atoms with van der Waals surface area (Å²) in [6.45, 7) is 4.70. The molecule has 2 aromatic carbocycles. The van der Waals surface area contributed by atoms with E-state index in [4.69, 9.17) is 15.2 Å². The number of nitrogens with two attached hydrogens (primary N) is 1. The second kappa shape index (κ2) is 13.1. The van der Waals surface area contributed by atoms with Crippen LogP contribution in [0.4, 0.5) is 0 Å². The van der Waals surface area contributed by atoms with Crippen molar-refractivity contribution in [3.8, 4) is 11.5 Å². The molecule has 178 valence electrons. The summed E-state index contributed by atoms with van der Waals surface area (Å²) in [5, 5.41) is 5.51. The van der Waals surface area contributed by atoms with E-state index in [-0.39, 0.29) is 24.2 Å². The van der Waals surface area contributed by atoms with Crippen LogP contribution in [0.25, 0.3) is 0 Å². The molecule has 0 radical (unpaired) electrons. The number of hydrogen-bond donors (Lipinski definition) is 3. The molecule has 4 N–H and O–H groups in total. The number of hydrogen-bond acceptors (Lipinski definition) is 5. The Labute approximate surface area is 195 Å². The van der Waals surface area contributed by atoms with E-state index in [1.54, 1.807) is 25.3 Å². The molecule has 2 amide bonds. The summed E-state index contributed by atoms with van der Waals surface area (Å²) >= 11 is 0. The first-order valence-electron chi connectivity index (χ1n) is 11.0. The summed E-state index contributed by atoms with van der Waals surface area (Å²) in [5.74, 6) is 0.798. The largest absolute Gasteiger partial charge is 0.493 e. The molecule has 2 rings (SSSR count). The number of nitrogens with zero attached hydrogens (tertiary/aromatic N) is 1. The van der Waals surface area contributed by atoms with Crippen molar-refractivity contribution in [3.63, 3.8) is 0 Å². The molecular formula is C25H34N4O4. The molecule has 0 aromatic heterocycles. The third kappa shape index (κ3) is 8.48. The number of carbonyl (C=O) groups excluding carboxylic acids is 2. The van der Waals surface area contributed by atoms with E-state index in [0.29, 0.717) is 30.4 Å². The fourth-order valence-corrected chi connectivity index (χ4v) is 3.13. The zero-order valence-electron chi connectivity index (χ0n) is 19.8. The van der Waals surface area contributed by atoms with Crippen molar-refractivity contribution in [2.45, 2.75) is 39.2 Å². The summed E-state index contributed by atoms with van der Waals surface area (Å²) in [6, 6.07) is 14.1. The van der Waals surface area contributed by atoms with Gasteiger partial charge in [-0.25, -0.2) is 4.99 Å². The van der Waals surface area contributed by atoms with E-state index >= 15 is 0 Å². The van der Waals surface area contributed by atoms with Gasteiger partial charge >= 0.3 is 0 Å². The lowest BCUT2D eigenvalue weighted by molar-refractivity contribution is -0.122. The minimum Gasteiger partial charge on any atom is -0.493 e. The third-order valence-corrected chi connectivity index (χ3v) is 5.27. The molecule has 8 heteroatoms. The summed E-state index contributed by atoms with van der Waals surface area (Å²) in [7, 11) is 3.08. The van der Waals surface area contributed by atoms with Crippen LogP contribution in [0.5, 0.6) is 11.5 Å². The highest BCUT2D eigenvalue weighted by Crippen LogP contribution is 2.27. The van der Waals surface area contributed by atoms with Gasteiger partial charge in [-0.2, -0.15) is 0 Å². The molecular weight excluding hydrogens is 420 g/mol. The van der Waals surface area contributed by atoms with Crippen molar-refractivity contribution in [3.05, 3.63) is 59.7 Å². The topological polar surface area (TPSA) is 115 Å². The average Bonchev–Trinajstić information content (AvgIpc) is 2.82. The first-order chi connectivity index (χ1) is 15.9. The highest BCUT2D eigenvalue weighted by Gasteiger charge is 2.20. The Morgan fingerprint density at radius 2 is 1.73 bits per heavy atom. The molecule has 0 aliphatic carbocycles. The van der Waals surface area contributed by atoms with Gasteiger partial charge in [0, 0.05) is 13.0 Å². The second-order valence-electron chi connectivity index (χ2n) is 7.89. The molecule has 0 aliphatic heterocycles. The first-order valence-corrected chi connectivity index (χ1v) is 11.0. The number of nitrogens with one attached hydrogen (secondary N) is 2. The van der Waals surface area contributed by atoms with Crippen LogP contribution in [0.15, 0.2) is 53.5 Å². The SMILES string of the molecule is CCC(C)CNC(=O)C(Cc1ccccc1)N=C(N)NC(=O)Cc1ccc(OC)c(OC)c1. The van der Waals surface area contributed by atoms with Crippen molar-refractivity contribution in [2.24, 2.45) is 16.6 Å². The van der Waals surface area contributed by atoms with Crippen LogP contribution in [0.3, 0.4) is 0 Å². The molecule has 33 heavy (non-hydrogen) atoms. The highest BCUT2D eigenvalue weighted by molar-refractivity contribution is 5.98. The Morgan fingerprint density at radius 1 is 1.03 bits per heavy atom. The molecule has 2 atom stereocenters. The zero-order chi connectivity index (χ0) is 24.2. The second-order valence-corrected chi connectivity index (χ2v) is 7.89. The fourth-order valence-electron chi connectivity index (χ4n) is 3.13. The molecule has 0 spiro atoms. The monoisotopic (exact) mass is 454 g/mol. The number of ether oxygens (including phenoxy) is 2. The minimum atomic E-state index is -0.752. The maximum atomic E-state index is 12.8. The standard InChI is InChI=1S/C25H34N4O4/c1-5-17(2)16-27-24(31)20(13-18-9-7-6-8-10-18)28-25(26)29-23(30)15-19-11-12-21(32-3)22(14-19)33-4/h6-12,14,17,20H,5,13,15-16H2,1-4H3,(H,27,31)(H3,26,28,29,30). The molecule has 0 bridgehead atoms. The minimum absolute atomic E-state index is 0.0696. The predicted octanol–water partition coefficient (Wildman–Crippen LogP) is 2.45. The van der Waals surface area contributed by atoms with Crippen LogP contribution in [-0.4, -0.2) is 44.6 Å². The van der Waals surface area contributed by atoms with Crippen LogP contribution in [0, 0.1) is 5.92 Å². The smallest absolute Gasteiger partial charge is 0.245 e. The molecule has 0 fully saturated rings. The van der Waals surface area contributed by atoms with Gasteiger partial charge in [0.05, 0.1) is 20.6 Å². The van der Waals surface area contributed by atoms with Gasteiger partial charge in [0.2, 0.25) is 11.8 Å². The first kappa shape index (κ1) is 25.7. The molecule has 8 nitrogen and oxygen atoms in total. The molecule has 0 aliphatic rings. The van der Waals surface area contributed by atoms with E-state index in [1.165, 1.54) is 7.11 Å². The summed E-state index contributed by atoms with van der Waals surface area (Å²) < 4.78 is 10.5. The van der Waals surface area contributed by atoms with Crippen molar-refractivity contribution < 1.29 is 19.1 Å². The number of guanidine groups is 1. The van der Waals surface area contributed by atoms with Gasteiger partial charge in [0.15, 0.2) is 17.5 Å². The summed E-state index contributed by atoms with van der Waals surface area (Å²) in [6.07, 6.45) is 1.40. The number of carbonyl (C=O) groups is 2. The number of rotatable bonds is 11. The van der Waals surface area contributed by atoms with Gasteiger partial charge < -0.3 is 20.5 Å². The van der Waals surface area contributed by atoms with E-state index in [1.807, 2.05) is 30.3 Å². The Morgan fingerprint density at radius 3 is 2.36 bits per heavy atom. The lowest BCUT2D eigenvalue weighted by atomic mass is 10.1. The predicted molar refractivity (Wildman–Crippen MR) is 129 cm³/mol. The Kier molecular flexibility index (Phi) is 10.2. The number of benzene rings is 2.